The summed E-state index contributed by atoms with van der Waals surface area (Å²) in [6.45, 7) is 4.60. The first kappa shape index (κ1) is 27.7. The van der Waals surface area contributed by atoms with Crippen LogP contribution in [0.1, 0.15) is 90.9 Å². The Bertz CT molecular complexity index is 441. The smallest absolute Gasteiger partial charge is 0.214 e. The number of hydrogen-bond acceptors (Lipinski definition) is 0. The average Bonchev–Trinajstić information content (AvgIpc) is 3.42. The van der Waals surface area contributed by atoms with Crippen molar-refractivity contribution in [3.63, 3.8) is 0 Å². The number of hydrogen-bond donors (Lipinski definition) is 0. The molecular weight excluding hydrogens is 395 g/mol. The minimum absolute atomic E-state index is 0. The molecule has 0 atom stereocenters. The van der Waals surface area contributed by atoms with Crippen LogP contribution in [0.3, 0.4) is 0 Å². The van der Waals surface area contributed by atoms with Gasteiger partial charge < -0.3 is 0 Å². The fourth-order valence-electron chi connectivity index (χ4n) is 3.43. The summed E-state index contributed by atoms with van der Waals surface area (Å²) < 4.78 is 0. The van der Waals surface area contributed by atoms with Crippen LogP contribution in [0, 0.1) is 0 Å². The molecule has 0 radical (unpaired) electrons. The third-order valence-electron chi connectivity index (χ3n) is 5.13. The normalized spacial score (nSPS) is 10.4. The van der Waals surface area contributed by atoms with Crippen molar-refractivity contribution in [1.29, 1.82) is 0 Å². The Morgan fingerprint density at radius 1 is 0.643 bits per heavy atom. The first-order chi connectivity index (χ1) is 13.4. The van der Waals surface area contributed by atoms with E-state index in [1.54, 1.807) is 5.30 Å². The van der Waals surface area contributed by atoms with Crippen LogP contribution in [0.15, 0.2) is 54.6 Å². The Labute approximate surface area is 188 Å². The van der Waals surface area contributed by atoms with Crippen LogP contribution >= 0.6 is 7.92 Å². The van der Waals surface area contributed by atoms with E-state index in [0.29, 0.717) is 0 Å². The SMILES string of the molecule is CCCCCCCCP(CCCCCCCC)c1ccc[cH-]1.[Cr+2].c1cc[cH-]c1. The van der Waals surface area contributed by atoms with Gasteiger partial charge in [-0.25, -0.2) is 24.3 Å². The van der Waals surface area contributed by atoms with Crippen molar-refractivity contribution in [2.75, 3.05) is 12.3 Å². The average molecular weight is 439 g/mol. The van der Waals surface area contributed by atoms with Crippen LogP contribution in [-0.4, -0.2) is 12.3 Å². The van der Waals surface area contributed by atoms with Gasteiger partial charge in [-0.1, -0.05) is 78.1 Å². The molecule has 0 unspecified atom stereocenters. The van der Waals surface area contributed by atoms with Crippen molar-refractivity contribution in [3.05, 3.63) is 54.6 Å². The summed E-state index contributed by atoms with van der Waals surface area (Å²) in [5, 5.41) is 1.66. The zero-order chi connectivity index (χ0) is 19.4. The van der Waals surface area contributed by atoms with E-state index in [1.807, 2.05) is 30.3 Å². The largest absolute Gasteiger partial charge is 2.00 e. The Kier molecular flexibility index (Phi) is 21.1. The predicted octanol–water partition coefficient (Wildman–Crippen LogP) is 8.64. The maximum Gasteiger partial charge on any atom is 2.00 e. The first-order valence-corrected chi connectivity index (χ1v) is 13.2. The van der Waals surface area contributed by atoms with E-state index in [4.69, 9.17) is 0 Å². The molecular formula is C26H43CrP. The van der Waals surface area contributed by atoms with Crippen molar-refractivity contribution < 1.29 is 17.4 Å². The van der Waals surface area contributed by atoms with E-state index >= 15 is 0 Å². The van der Waals surface area contributed by atoms with Gasteiger partial charge >= 0.3 is 17.4 Å². The molecule has 158 valence electrons. The van der Waals surface area contributed by atoms with Crippen molar-refractivity contribution in [3.8, 4) is 0 Å². The summed E-state index contributed by atoms with van der Waals surface area (Å²) in [5.74, 6) is 0. The van der Waals surface area contributed by atoms with Gasteiger partial charge in [-0.15, -0.1) is 13.2 Å². The van der Waals surface area contributed by atoms with Gasteiger partial charge in [-0.3, -0.25) is 0 Å². The molecule has 0 nitrogen and oxygen atoms in total. The van der Waals surface area contributed by atoms with Crippen LogP contribution < -0.4 is 5.30 Å². The zero-order valence-electron chi connectivity index (χ0n) is 18.5. The number of unbranched alkanes of at least 4 members (excludes halogenated alkanes) is 10. The Morgan fingerprint density at radius 2 is 1.14 bits per heavy atom. The van der Waals surface area contributed by atoms with E-state index in [1.165, 1.54) is 89.4 Å². The zero-order valence-corrected chi connectivity index (χ0v) is 20.6. The van der Waals surface area contributed by atoms with Crippen LogP contribution in [-0.2, 0) is 17.4 Å². The van der Waals surface area contributed by atoms with Crippen molar-refractivity contribution in [2.24, 2.45) is 0 Å². The van der Waals surface area contributed by atoms with Crippen LogP contribution in [0.4, 0.5) is 0 Å². The standard InChI is InChI=1S/C21H38P.C5H5.Cr/c1-3-5-7-9-11-15-19-22(21-17-13-14-18-21)20-16-12-10-8-6-4-2;1-2-4-5-3-1;/h13-14,17-18H,3-12,15-16,19-20H2,1-2H3;1-5H;/q2*-1;+2. The Morgan fingerprint density at radius 3 is 1.54 bits per heavy atom. The second-order valence-corrected chi connectivity index (χ2v) is 10.1. The molecule has 0 amide bonds. The maximum absolute atomic E-state index is 2.37. The fourth-order valence-corrected chi connectivity index (χ4v) is 5.98. The molecule has 0 fully saturated rings. The quantitative estimate of drug-likeness (QED) is 0.148. The molecule has 0 saturated heterocycles. The first-order valence-electron chi connectivity index (χ1n) is 11.5. The molecule has 0 aromatic heterocycles. The molecule has 2 rings (SSSR count). The molecule has 0 spiro atoms. The topological polar surface area (TPSA) is 0 Å². The second kappa shape index (κ2) is 21.4. The third kappa shape index (κ3) is 15.6. The molecule has 2 aromatic carbocycles. The van der Waals surface area contributed by atoms with E-state index < -0.39 is 0 Å². The monoisotopic (exact) mass is 438 g/mol. The van der Waals surface area contributed by atoms with Gasteiger partial charge in [-0.05, 0) is 25.2 Å². The van der Waals surface area contributed by atoms with Crippen molar-refractivity contribution in [1.82, 2.24) is 0 Å². The molecule has 2 heteroatoms. The molecule has 28 heavy (non-hydrogen) atoms. The molecule has 0 N–H and O–H groups in total. The molecule has 2 aromatic rings. The van der Waals surface area contributed by atoms with Crippen LogP contribution in [0.5, 0.6) is 0 Å². The van der Waals surface area contributed by atoms with Gasteiger partial charge in [0.1, 0.15) is 0 Å². The van der Waals surface area contributed by atoms with Crippen LogP contribution in [0.2, 0.25) is 0 Å². The molecule has 0 bridgehead atoms. The van der Waals surface area contributed by atoms with E-state index in [-0.39, 0.29) is 25.3 Å². The summed E-state index contributed by atoms with van der Waals surface area (Å²) in [4.78, 5) is 0. The summed E-state index contributed by atoms with van der Waals surface area (Å²) in [6, 6.07) is 19.2. The molecule has 0 aliphatic carbocycles. The van der Waals surface area contributed by atoms with Gasteiger partial charge in [0.25, 0.3) is 0 Å². The molecule has 0 heterocycles. The number of rotatable bonds is 15. The summed E-state index contributed by atoms with van der Waals surface area (Å²) in [6.07, 6.45) is 20.1. The maximum atomic E-state index is 2.37. The Hall–Kier alpha value is -0.338. The van der Waals surface area contributed by atoms with Crippen LogP contribution in [0.25, 0.3) is 0 Å². The summed E-state index contributed by atoms with van der Waals surface area (Å²) >= 11 is 0. The van der Waals surface area contributed by atoms with Gasteiger partial charge in [0.2, 0.25) is 0 Å². The molecule has 0 saturated carbocycles. The van der Waals surface area contributed by atoms with E-state index in [0.717, 1.165) is 0 Å². The fraction of sp³-hybridized carbons (Fsp3) is 0.615. The van der Waals surface area contributed by atoms with Gasteiger partial charge in [0.05, 0.1) is 0 Å². The second-order valence-electron chi connectivity index (χ2n) is 7.63. The predicted molar refractivity (Wildman–Crippen MR) is 127 cm³/mol. The minimum atomic E-state index is 0. The van der Waals surface area contributed by atoms with Gasteiger partial charge in [0.15, 0.2) is 0 Å². The van der Waals surface area contributed by atoms with Crippen molar-refractivity contribution in [2.45, 2.75) is 90.9 Å². The molecule has 0 aliphatic heterocycles. The third-order valence-corrected chi connectivity index (χ3v) is 7.87. The van der Waals surface area contributed by atoms with E-state index in [9.17, 15) is 0 Å². The van der Waals surface area contributed by atoms with Gasteiger partial charge in [-0.2, -0.15) is 30.3 Å². The van der Waals surface area contributed by atoms with Crippen molar-refractivity contribution >= 4 is 13.2 Å². The summed E-state index contributed by atoms with van der Waals surface area (Å²) in [5.41, 5.74) is 0. The van der Waals surface area contributed by atoms with E-state index in [2.05, 4.69) is 38.1 Å². The summed E-state index contributed by atoms with van der Waals surface area (Å²) in [7, 11) is 0.132. The van der Waals surface area contributed by atoms with Gasteiger partial charge in [0, 0.05) is 0 Å². The minimum Gasteiger partial charge on any atom is -0.214 e. The molecule has 0 aliphatic rings. The Balaban J connectivity index is 0.00000105.